The van der Waals surface area contributed by atoms with Gasteiger partial charge in [-0.2, -0.15) is 0 Å². The molecule has 2 rings (SSSR count). The molecule has 5 heteroatoms. The van der Waals surface area contributed by atoms with Crippen molar-refractivity contribution < 1.29 is 14.3 Å². The summed E-state index contributed by atoms with van der Waals surface area (Å²) in [6.45, 7) is 9.72. The third kappa shape index (κ3) is 3.89. The number of carbonyl (C=O) groups excluding carboxylic acids is 2. The van der Waals surface area contributed by atoms with E-state index in [1.807, 2.05) is 25.7 Å². The first-order valence-electron chi connectivity index (χ1n) is 7.99. The number of hydrogen-bond donors (Lipinski definition) is 1. The molecule has 0 radical (unpaired) electrons. The van der Waals surface area contributed by atoms with Crippen molar-refractivity contribution in [2.75, 3.05) is 0 Å². The minimum atomic E-state index is -0.549. The zero-order valence-corrected chi connectivity index (χ0v) is 13.8. The molecule has 0 aromatic carbocycles. The van der Waals surface area contributed by atoms with Crippen molar-refractivity contribution in [3.8, 4) is 0 Å². The number of carbonyl (C=O) groups is 2. The lowest BCUT2D eigenvalue weighted by Gasteiger charge is -2.29. The van der Waals surface area contributed by atoms with Crippen LogP contribution in [-0.4, -0.2) is 40.6 Å². The molecule has 120 valence electrons. The first-order valence-corrected chi connectivity index (χ1v) is 7.99. The van der Waals surface area contributed by atoms with Crippen molar-refractivity contribution in [3.63, 3.8) is 0 Å². The van der Waals surface area contributed by atoms with Gasteiger partial charge in [0.1, 0.15) is 11.6 Å². The van der Waals surface area contributed by atoms with E-state index in [1.165, 1.54) is 0 Å². The average molecular weight is 296 g/mol. The Labute approximate surface area is 127 Å². The molecule has 5 nitrogen and oxygen atoms in total. The smallest absolute Gasteiger partial charge is 0.408 e. The highest BCUT2D eigenvalue weighted by Crippen LogP contribution is 2.33. The molecule has 21 heavy (non-hydrogen) atoms. The van der Waals surface area contributed by atoms with Gasteiger partial charge in [-0.1, -0.05) is 6.92 Å². The maximum absolute atomic E-state index is 12.7. The molecule has 2 aliphatic rings. The molecule has 2 fully saturated rings. The maximum Gasteiger partial charge on any atom is 0.408 e. The van der Waals surface area contributed by atoms with Crippen LogP contribution in [0.5, 0.6) is 0 Å². The van der Waals surface area contributed by atoms with Gasteiger partial charge in [0.15, 0.2) is 0 Å². The fourth-order valence-corrected chi connectivity index (χ4v) is 3.51. The number of nitrogens with zero attached hydrogens (tertiary/aromatic N) is 1. The SMILES string of the molecule is C[C@@H]1C[C@H]2CC[C@@H](C)N2C(=O)[C@@H](NC(=O)OC(C)(C)C)C1. The molecule has 0 unspecified atom stereocenters. The highest BCUT2D eigenvalue weighted by Gasteiger charge is 2.42. The summed E-state index contributed by atoms with van der Waals surface area (Å²) in [5.74, 6) is 0.481. The predicted octanol–water partition coefficient (Wildman–Crippen LogP) is 2.69. The average Bonchev–Trinajstić information content (AvgIpc) is 2.60. The van der Waals surface area contributed by atoms with E-state index < -0.39 is 17.7 Å². The van der Waals surface area contributed by atoms with E-state index in [2.05, 4.69) is 19.2 Å². The summed E-state index contributed by atoms with van der Waals surface area (Å²) < 4.78 is 5.28. The molecular weight excluding hydrogens is 268 g/mol. The van der Waals surface area contributed by atoms with Crippen molar-refractivity contribution in [3.05, 3.63) is 0 Å². The Balaban J connectivity index is 2.07. The van der Waals surface area contributed by atoms with Gasteiger partial charge in [0.05, 0.1) is 0 Å². The second-order valence-electron chi connectivity index (χ2n) is 7.60. The monoisotopic (exact) mass is 296 g/mol. The van der Waals surface area contributed by atoms with Crippen LogP contribution in [0.2, 0.25) is 0 Å². The molecule has 2 amide bonds. The number of rotatable bonds is 1. The van der Waals surface area contributed by atoms with Crippen LogP contribution in [0.15, 0.2) is 0 Å². The molecule has 0 aliphatic carbocycles. The Bertz CT molecular complexity index is 416. The van der Waals surface area contributed by atoms with Gasteiger partial charge in [0.2, 0.25) is 5.91 Å². The molecule has 0 aromatic heterocycles. The van der Waals surface area contributed by atoms with Gasteiger partial charge < -0.3 is 15.0 Å². The largest absolute Gasteiger partial charge is 0.444 e. The molecule has 1 N–H and O–H groups in total. The second-order valence-corrected chi connectivity index (χ2v) is 7.60. The summed E-state index contributed by atoms with van der Waals surface area (Å²) in [7, 11) is 0. The molecule has 2 saturated heterocycles. The summed E-state index contributed by atoms with van der Waals surface area (Å²) in [6, 6.07) is 0.157. The molecule has 0 spiro atoms. The van der Waals surface area contributed by atoms with Gasteiger partial charge in [-0.15, -0.1) is 0 Å². The van der Waals surface area contributed by atoms with Crippen LogP contribution in [0.1, 0.15) is 60.3 Å². The Morgan fingerprint density at radius 1 is 1.24 bits per heavy atom. The third-order valence-corrected chi connectivity index (χ3v) is 4.34. The lowest BCUT2D eigenvalue weighted by Crippen LogP contribution is -2.51. The van der Waals surface area contributed by atoms with Crippen molar-refractivity contribution in [2.45, 2.75) is 84.0 Å². The number of hydrogen-bond acceptors (Lipinski definition) is 3. The van der Waals surface area contributed by atoms with E-state index in [9.17, 15) is 9.59 Å². The highest BCUT2D eigenvalue weighted by molar-refractivity contribution is 5.86. The van der Waals surface area contributed by atoms with Crippen LogP contribution in [0, 0.1) is 5.92 Å². The summed E-state index contributed by atoms with van der Waals surface area (Å²) in [5.41, 5.74) is -0.549. The predicted molar refractivity (Wildman–Crippen MR) is 80.9 cm³/mol. The second kappa shape index (κ2) is 5.85. The summed E-state index contributed by atoms with van der Waals surface area (Å²) >= 11 is 0. The zero-order chi connectivity index (χ0) is 15.8. The Morgan fingerprint density at radius 2 is 1.90 bits per heavy atom. The number of alkyl carbamates (subject to hydrolysis) is 1. The van der Waals surface area contributed by atoms with Crippen LogP contribution in [-0.2, 0) is 9.53 Å². The molecule has 0 aromatic rings. The minimum Gasteiger partial charge on any atom is -0.444 e. The normalized spacial score (nSPS) is 33.4. The van der Waals surface area contributed by atoms with Crippen molar-refractivity contribution in [1.29, 1.82) is 0 Å². The van der Waals surface area contributed by atoms with Crippen LogP contribution in [0.4, 0.5) is 4.79 Å². The van der Waals surface area contributed by atoms with Gasteiger partial charge >= 0.3 is 6.09 Å². The summed E-state index contributed by atoms with van der Waals surface area (Å²) in [4.78, 5) is 26.7. The van der Waals surface area contributed by atoms with Gasteiger partial charge in [-0.3, -0.25) is 4.79 Å². The van der Waals surface area contributed by atoms with E-state index in [0.717, 1.165) is 19.3 Å². The number of fused-ring (bicyclic) bond motifs is 1. The van der Waals surface area contributed by atoms with E-state index in [1.54, 1.807) is 0 Å². The Kier molecular flexibility index (Phi) is 4.49. The first-order chi connectivity index (χ1) is 9.67. The van der Waals surface area contributed by atoms with Gasteiger partial charge in [0, 0.05) is 12.1 Å². The molecule has 2 aliphatic heterocycles. The topological polar surface area (TPSA) is 58.6 Å². The van der Waals surface area contributed by atoms with Gasteiger partial charge in [0.25, 0.3) is 0 Å². The molecule has 0 bridgehead atoms. The van der Waals surface area contributed by atoms with E-state index in [4.69, 9.17) is 4.74 Å². The fourth-order valence-electron chi connectivity index (χ4n) is 3.51. The lowest BCUT2D eigenvalue weighted by atomic mass is 9.96. The Hall–Kier alpha value is -1.26. The zero-order valence-electron chi connectivity index (χ0n) is 13.8. The van der Waals surface area contributed by atoms with E-state index in [0.29, 0.717) is 18.4 Å². The highest BCUT2D eigenvalue weighted by atomic mass is 16.6. The summed E-state index contributed by atoms with van der Waals surface area (Å²) in [6.07, 6.45) is 3.36. The van der Waals surface area contributed by atoms with E-state index in [-0.39, 0.29) is 11.9 Å². The van der Waals surface area contributed by atoms with Gasteiger partial charge in [-0.25, -0.2) is 4.79 Å². The minimum absolute atomic E-state index is 0.0557. The van der Waals surface area contributed by atoms with E-state index >= 15 is 0 Å². The lowest BCUT2D eigenvalue weighted by molar-refractivity contribution is -0.135. The Morgan fingerprint density at radius 3 is 2.52 bits per heavy atom. The molecule has 2 heterocycles. The van der Waals surface area contributed by atoms with Crippen molar-refractivity contribution >= 4 is 12.0 Å². The van der Waals surface area contributed by atoms with Crippen LogP contribution in [0.3, 0.4) is 0 Å². The molecular formula is C16H28N2O3. The van der Waals surface area contributed by atoms with Crippen molar-refractivity contribution in [2.24, 2.45) is 5.92 Å². The quantitative estimate of drug-likeness (QED) is 0.809. The van der Waals surface area contributed by atoms with Crippen LogP contribution < -0.4 is 5.32 Å². The van der Waals surface area contributed by atoms with Crippen LogP contribution >= 0.6 is 0 Å². The standard InChI is InChI=1S/C16H28N2O3/c1-10-8-12-7-6-11(2)18(12)14(19)13(9-10)17-15(20)21-16(3,4)5/h10-13H,6-9H2,1-5H3,(H,17,20)/t10-,11-,12-,13+/m1/s1. The van der Waals surface area contributed by atoms with Crippen molar-refractivity contribution in [1.82, 2.24) is 10.2 Å². The fraction of sp³-hybridized carbons (Fsp3) is 0.875. The van der Waals surface area contributed by atoms with Crippen LogP contribution in [0.25, 0.3) is 0 Å². The third-order valence-electron chi connectivity index (χ3n) is 4.34. The first kappa shape index (κ1) is 16.1. The molecule has 4 atom stereocenters. The molecule has 0 saturated carbocycles. The number of nitrogens with one attached hydrogen (secondary N) is 1. The van der Waals surface area contributed by atoms with Gasteiger partial charge in [-0.05, 0) is 59.3 Å². The number of ether oxygens (including phenoxy) is 1. The number of amides is 2. The summed E-state index contributed by atoms with van der Waals surface area (Å²) in [5, 5.41) is 2.78. The maximum atomic E-state index is 12.7.